The molecule has 50 heavy (non-hydrogen) atoms. The van der Waals surface area contributed by atoms with Gasteiger partial charge >= 0.3 is 6.09 Å². The molecule has 2 unspecified atom stereocenters. The number of nitrogen functional groups attached to an aromatic ring is 1. The molecule has 2 aromatic heterocycles. The highest BCUT2D eigenvalue weighted by molar-refractivity contribution is 6.30. The third kappa shape index (κ3) is 9.41. The minimum absolute atomic E-state index is 0.0491. The molecule has 266 valence electrons. The van der Waals surface area contributed by atoms with Gasteiger partial charge in [0.15, 0.2) is 6.10 Å². The smallest absolute Gasteiger partial charge is 0.410 e. The number of pyridine rings is 1. The van der Waals surface area contributed by atoms with Crippen molar-refractivity contribution in [2.24, 2.45) is 5.92 Å². The first-order chi connectivity index (χ1) is 23.6. The van der Waals surface area contributed by atoms with Crippen LogP contribution in [0.5, 0.6) is 5.75 Å². The molecule has 0 radical (unpaired) electrons. The van der Waals surface area contributed by atoms with Crippen molar-refractivity contribution >= 4 is 41.3 Å². The summed E-state index contributed by atoms with van der Waals surface area (Å²) in [7, 11) is 0. The number of amides is 2. The van der Waals surface area contributed by atoms with Gasteiger partial charge in [0, 0.05) is 49.2 Å². The molecular formula is C35H41ClF2N8O4. The lowest BCUT2D eigenvalue weighted by Gasteiger charge is -2.33. The lowest BCUT2D eigenvalue weighted by Crippen LogP contribution is -2.44. The molecule has 12 nitrogen and oxygen atoms in total. The number of carbonyl (C=O) groups is 2. The van der Waals surface area contributed by atoms with Gasteiger partial charge in [0.1, 0.15) is 29.1 Å². The van der Waals surface area contributed by atoms with Gasteiger partial charge in [-0.15, -0.1) is 0 Å². The Morgan fingerprint density at radius 3 is 2.58 bits per heavy atom. The largest absolute Gasteiger partial charge is 0.479 e. The predicted octanol–water partition coefficient (Wildman–Crippen LogP) is 6.81. The number of rotatable bonds is 7. The molecule has 2 amide bonds. The molecule has 3 aromatic rings. The van der Waals surface area contributed by atoms with Crippen LogP contribution in [0, 0.1) is 22.7 Å². The molecular weight excluding hydrogens is 670 g/mol. The maximum atomic E-state index is 12.9. The highest BCUT2D eigenvalue weighted by Crippen LogP contribution is 2.41. The van der Waals surface area contributed by atoms with E-state index in [1.807, 2.05) is 31.7 Å². The number of ether oxygens (including phenoxy) is 2. The van der Waals surface area contributed by atoms with Crippen molar-refractivity contribution in [3.05, 3.63) is 58.3 Å². The van der Waals surface area contributed by atoms with Crippen molar-refractivity contribution in [2.45, 2.75) is 85.0 Å². The van der Waals surface area contributed by atoms with E-state index in [1.54, 1.807) is 25.1 Å². The van der Waals surface area contributed by atoms with E-state index in [0.717, 1.165) is 25.7 Å². The summed E-state index contributed by atoms with van der Waals surface area (Å²) >= 11 is 5.85. The first kappa shape index (κ1) is 37.9. The van der Waals surface area contributed by atoms with Crippen LogP contribution >= 0.6 is 11.6 Å². The normalized spacial score (nSPS) is 17.2. The minimum Gasteiger partial charge on any atom is -0.479 e. The molecule has 2 aliphatic rings. The number of carbonyl (C=O) groups excluding carboxylic acids is 2. The molecule has 2 atom stereocenters. The molecule has 0 bridgehead atoms. The van der Waals surface area contributed by atoms with E-state index in [1.165, 1.54) is 23.7 Å². The van der Waals surface area contributed by atoms with Crippen LogP contribution in [0.25, 0.3) is 11.1 Å². The number of aryl methyl sites for hydroxylation is 1. The highest BCUT2D eigenvalue weighted by atomic mass is 35.5. The van der Waals surface area contributed by atoms with Crippen LogP contribution in [-0.4, -0.2) is 69.3 Å². The third-order valence-electron chi connectivity index (χ3n) is 7.93. The van der Waals surface area contributed by atoms with E-state index in [-0.39, 0.29) is 58.8 Å². The maximum absolute atomic E-state index is 12.9. The number of halogens is 3. The first-order valence-electron chi connectivity index (χ1n) is 16.2. The number of nitriles is 1. The molecule has 1 fully saturated rings. The molecule has 0 spiro atoms. The second kappa shape index (κ2) is 16.2. The SMILES string of the molecule is CC1CCCN(C(=O)OC(C)(C)C)C1.CC1Oc2cc(-c3c(C#N)c(CCC(F)F)nc(N)c3C=N)ccc2N(Cc2ncc(Cl)cn2)C1=O. The number of likely N-dealkylation sites (tertiary alicyclic amines) is 1. The van der Waals surface area contributed by atoms with Crippen LogP contribution < -0.4 is 15.4 Å². The van der Waals surface area contributed by atoms with Gasteiger partial charge < -0.3 is 25.5 Å². The van der Waals surface area contributed by atoms with Crippen molar-refractivity contribution in [2.75, 3.05) is 23.7 Å². The number of nitrogens with zero attached hydrogens (tertiary/aromatic N) is 6. The van der Waals surface area contributed by atoms with Gasteiger partial charge in [-0.2, -0.15) is 5.26 Å². The molecule has 1 aromatic carbocycles. The van der Waals surface area contributed by atoms with Crippen LogP contribution in [0.3, 0.4) is 0 Å². The van der Waals surface area contributed by atoms with E-state index in [0.29, 0.717) is 33.8 Å². The number of nitrogens with one attached hydrogen (secondary N) is 1. The van der Waals surface area contributed by atoms with Crippen molar-refractivity contribution in [3.8, 4) is 22.9 Å². The quantitative estimate of drug-likeness (QED) is 0.250. The van der Waals surface area contributed by atoms with Gasteiger partial charge in [0.2, 0.25) is 6.43 Å². The number of benzene rings is 1. The zero-order chi connectivity index (χ0) is 36.7. The number of hydrogen-bond acceptors (Lipinski definition) is 10. The van der Waals surface area contributed by atoms with Crippen LogP contribution in [0.1, 0.15) is 76.5 Å². The predicted molar refractivity (Wildman–Crippen MR) is 186 cm³/mol. The molecule has 4 heterocycles. The maximum Gasteiger partial charge on any atom is 0.410 e. The van der Waals surface area contributed by atoms with Gasteiger partial charge in [0.25, 0.3) is 5.91 Å². The summed E-state index contributed by atoms with van der Waals surface area (Å²) in [5, 5.41) is 18.1. The summed E-state index contributed by atoms with van der Waals surface area (Å²) in [6.07, 6.45) is 1.96. The number of aromatic nitrogens is 3. The Kier molecular flexibility index (Phi) is 12.3. The Labute approximate surface area is 295 Å². The van der Waals surface area contributed by atoms with Gasteiger partial charge in [-0.25, -0.2) is 28.5 Å². The number of anilines is 2. The molecule has 5 rings (SSSR count). The van der Waals surface area contributed by atoms with E-state index < -0.39 is 19.0 Å². The summed E-state index contributed by atoms with van der Waals surface area (Å²) < 4.78 is 36.9. The second-order valence-corrected chi connectivity index (χ2v) is 13.6. The Morgan fingerprint density at radius 2 is 1.98 bits per heavy atom. The zero-order valence-electron chi connectivity index (χ0n) is 28.7. The number of fused-ring (bicyclic) bond motifs is 1. The molecule has 3 N–H and O–H groups in total. The van der Waals surface area contributed by atoms with Gasteiger partial charge in [0.05, 0.1) is 28.5 Å². The van der Waals surface area contributed by atoms with Crippen molar-refractivity contribution in [3.63, 3.8) is 0 Å². The molecule has 1 saturated heterocycles. The van der Waals surface area contributed by atoms with Crippen molar-refractivity contribution in [1.29, 1.82) is 10.7 Å². The minimum atomic E-state index is -2.57. The highest BCUT2D eigenvalue weighted by Gasteiger charge is 2.33. The lowest BCUT2D eigenvalue weighted by atomic mass is 9.92. The number of piperidine rings is 1. The third-order valence-corrected chi connectivity index (χ3v) is 8.13. The van der Waals surface area contributed by atoms with E-state index >= 15 is 0 Å². The Morgan fingerprint density at radius 1 is 1.28 bits per heavy atom. The summed E-state index contributed by atoms with van der Waals surface area (Å²) in [6, 6.07) is 6.92. The average Bonchev–Trinajstić information content (AvgIpc) is 3.05. The zero-order valence-corrected chi connectivity index (χ0v) is 29.4. The first-order valence-corrected chi connectivity index (χ1v) is 16.6. The van der Waals surface area contributed by atoms with Crippen molar-refractivity contribution < 1.29 is 27.8 Å². The average molecular weight is 711 g/mol. The fourth-order valence-electron chi connectivity index (χ4n) is 5.63. The number of hydrogen-bond donors (Lipinski definition) is 2. The van der Waals surface area contributed by atoms with E-state index in [2.05, 4.69) is 21.9 Å². The molecule has 0 aliphatic carbocycles. The fourth-order valence-corrected chi connectivity index (χ4v) is 5.73. The van der Waals surface area contributed by atoms with Gasteiger partial charge in [-0.1, -0.05) is 24.6 Å². The Hall–Kier alpha value is -4.90. The Bertz CT molecular complexity index is 1760. The standard InChI is InChI=1S/C24H20ClF2N7O2.C11H21NO2/c1-12-24(35)34(11-21-31-9-14(25)10-32-21)18-4-2-13(6-19(18)36-12)22-15(7-28)17(3-5-20(26)27)33-23(30)16(22)8-29;1-9-6-5-7-12(8-9)10(13)14-11(2,3)4/h2,4,6,8-10,12,20,29H,3,5,11H2,1H3,(H2,30,33);9H,5-8H2,1-4H3. The van der Waals surface area contributed by atoms with Gasteiger partial charge in [-0.05, 0) is 70.6 Å². The number of alkyl halides is 2. The van der Waals surface area contributed by atoms with Crippen molar-refractivity contribution in [1.82, 2.24) is 19.9 Å². The monoisotopic (exact) mass is 710 g/mol. The summed E-state index contributed by atoms with van der Waals surface area (Å²) in [5.41, 5.74) is 7.20. The van der Waals surface area contributed by atoms with E-state index in [9.17, 15) is 23.6 Å². The molecule has 2 aliphatic heterocycles. The number of nitrogens with two attached hydrogens (primary N) is 1. The van der Waals surface area contributed by atoms with Crippen LogP contribution in [0.2, 0.25) is 5.02 Å². The second-order valence-electron chi connectivity index (χ2n) is 13.2. The Balaban J connectivity index is 0.000000337. The summed E-state index contributed by atoms with van der Waals surface area (Å²) in [5.74, 6) is 0.982. The summed E-state index contributed by atoms with van der Waals surface area (Å²) in [6.45, 7) is 11.2. The molecule has 15 heteroatoms. The van der Waals surface area contributed by atoms with Gasteiger partial charge in [-0.3, -0.25) is 9.69 Å². The van der Waals surface area contributed by atoms with Crippen LogP contribution in [-0.2, 0) is 22.5 Å². The fraction of sp³-hybridized carbons (Fsp3) is 0.457. The van der Waals surface area contributed by atoms with E-state index in [4.69, 9.17) is 32.2 Å². The topological polar surface area (TPSA) is 171 Å². The molecule has 0 saturated carbocycles. The van der Waals surface area contributed by atoms with Crippen LogP contribution in [0.4, 0.5) is 25.1 Å². The summed E-state index contributed by atoms with van der Waals surface area (Å²) in [4.78, 5) is 40.3. The lowest BCUT2D eigenvalue weighted by molar-refractivity contribution is -0.125. The van der Waals surface area contributed by atoms with Crippen LogP contribution in [0.15, 0.2) is 30.6 Å².